The fourth-order valence-electron chi connectivity index (χ4n) is 2.24. The van der Waals surface area contributed by atoms with Crippen LogP contribution in [0.2, 0.25) is 0 Å². The molecule has 0 amide bonds. The van der Waals surface area contributed by atoms with Crippen molar-refractivity contribution in [2.45, 2.75) is 0 Å². The van der Waals surface area contributed by atoms with Gasteiger partial charge in [-0.2, -0.15) is 0 Å². The zero-order valence-electron chi connectivity index (χ0n) is 11.8. The molecule has 0 unspecified atom stereocenters. The van der Waals surface area contributed by atoms with E-state index in [0.717, 1.165) is 0 Å². The summed E-state index contributed by atoms with van der Waals surface area (Å²) in [6.45, 7) is 0. The molecule has 0 bridgehead atoms. The van der Waals surface area contributed by atoms with Crippen LogP contribution in [0.3, 0.4) is 0 Å². The number of non-ortho nitro benzene ring substituents is 1. The van der Waals surface area contributed by atoms with Gasteiger partial charge < -0.3 is 0 Å². The molecule has 3 rings (SSSR count). The van der Waals surface area contributed by atoms with Crippen molar-refractivity contribution < 1.29 is 14.5 Å². The van der Waals surface area contributed by atoms with Crippen LogP contribution in [0.25, 0.3) is 5.70 Å². The molecule has 23 heavy (non-hydrogen) atoms. The molecule has 0 radical (unpaired) electrons. The van der Waals surface area contributed by atoms with Gasteiger partial charge in [0.15, 0.2) is 0 Å². The first kappa shape index (κ1) is 14.5. The van der Waals surface area contributed by atoms with Crippen LogP contribution in [0, 0.1) is 10.1 Å². The van der Waals surface area contributed by atoms with E-state index >= 15 is 0 Å². The molecule has 1 aliphatic rings. The summed E-state index contributed by atoms with van der Waals surface area (Å²) < 4.78 is 0. The average Bonchev–Trinajstić information content (AvgIpc) is 2.57. The third-order valence-corrected chi connectivity index (χ3v) is 3.40. The van der Waals surface area contributed by atoms with Crippen LogP contribution in [0.5, 0.6) is 0 Å². The molecule has 0 saturated carbocycles. The van der Waals surface area contributed by atoms with Gasteiger partial charge in [-0.15, -0.1) is 0 Å². The van der Waals surface area contributed by atoms with Crippen LogP contribution in [-0.4, -0.2) is 22.7 Å². The number of nitrogens with zero attached hydrogens (tertiary/aromatic N) is 2. The van der Waals surface area contributed by atoms with Crippen LogP contribution in [0.15, 0.2) is 59.6 Å². The van der Waals surface area contributed by atoms with Crippen LogP contribution in [-0.2, 0) is 4.79 Å². The van der Waals surface area contributed by atoms with Crippen molar-refractivity contribution in [3.05, 3.63) is 81.4 Å². The SMILES string of the molecule is O=C1C=C(N=Cc2ccc([N+](=O)[O-])cc2)c2ccccc2C1=O. The van der Waals surface area contributed by atoms with Crippen molar-refractivity contribution in [1.82, 2.24) is 0 Å². The minimum absolute atomic E-state index is 0.00912. The molecule has 0 N–H and O–H groups in total. The van der Waals surface area contributed by atoms with E-state index in [-0.39, 0.29) is 5.69 Å². The lowest BCUT2D eigenvalue weighted by Gasteiger charge is -2.12. The molecule has 2 aromatic carbocycles. The maximum atomic E-state index is 11.8. The second kappa shape index (κ2) is 5.76. The van der Waals surface area contributed by atoms with E-state index in [0.29, 0.717) is 22.4 Å². The Morgan fingerprint density at radius 3 is 2.26 bits per heavy atom. The fourth-order valence-corrected chi connectivity index (χ4v) is 2.24. The highest BCUT2D eigenvalue weighted by atomic mass is 16.6. The number of nitro groups is 1. The van der Waals surface area contributed by atoms with Crippen molar-refractivity contribution in [2.75, 3.05) is 0 Å². The Hall–Kier alpha value is -3.41. The van der Waals surface area contributed by atoms with Crippen LogP contribution in [0.4, 0.5) is 5.69 Å². The number of allylic oxidation sites excluding steroid dienone is 1. The number of carbonyl (C=O) groups excluding carboxylic acids is 2. The number of hydrogen-bond acceptors (Lipinski definition) is 5. The summed E-state index contributed by atoms with van der Waals surface area (Å²) in [7, 11) is 0. The maximum Gasteiger partial charge on any atom is 0.269 e. The second-order valence-electron chi connectivity index (χ2n) is 4.88. The molecular formula is C17H10N2O4. The number of fused-ring (bicyclic) bond motifs is 1. The van der Waals surface area contributed by atoms with E-state index in [1.54, 1.807) is 36.4 Å². The highest BCUT2D eigenvalue weighted by Gasteiger charge is 2.24. The third-order valence-electron chi connectivity index (χ3n) is 3.40. The number of carbonyl (C=O) groups is 2. The third kappa shape index (κ3) is 2.82. The molecule has 0 fully saturated rings. The van der Waals surface area contributed by atoms with Gasteiger partial charge in [0.05, 0.1) is 10.6 Å². The number of hydrogen-bond donors (Lipinski definition) is 0. The van der Waals surface area contributed by atoms with E-state index in [9.17, 15) is 19.7 Å². The minimum atomic E-state index is -0.612. The fraction of sp³-hybridized carbons (Fsp3) is 0. The predicted octanol–water partition coefficient (Wildman–Crippen LogP) is 2.82. The summed E-state index contributed by atoms with van der Waals surface area (Å²) >= 11 is 0. The van der Waals surface area contributed by atoms with Gasteiger partial charge in [-0.1, -0.05) is 24.3 Å². The molecule has 0 saturated heterocycles. The molecular weight excluding hydrogens is 296 g/mol. The van der Waals surface area contributed by atoms with E-state index < -0.39 is 16.5 Å². The summed E-state index contributed by atoms with van der Waals surface area (Å²) in [4.78, 5) is 37.9. The van der Waals surface area contributed by atoms with E-state index in [1.807, 2.05) is 0 Å². The minimum Gasteiger partial charge on any atom is -0.285 e. The van der Waals surface area contributed by atoms with E-state index in [4.69, 9.17) is 0 Å². The van der Waals surface area contributed by atoms with Crippen LogP contribution in [0.1, 0.15) is 21.5 Å². The van der Waals surface area contributed by atoms with Crippen molar-refractivity contribution >= 4 is 29.2 Å². The Morgan fingerprint density at radius 1 is 0.957 bits per heavy atom. The van der Waals surface area contributed by atoms with Crippen LogP contribution < -0.4 is 0 Å². The lowest BCUT2D eigenvalue weighted by atomic mass is 9.93. The van der Waals surface area contributed by atoms with E-state index in [1.165, 1.54) is 24.4 Å². The molecule has 0 atom stereocenters. The summed E-state index contributed by atoms with van der Waals surface area (Å²) in [6.07, 6.45) is 2.70. The van der Waals surface area contributed by atoms with Gasteiger partial charge in [-0.3, -0.25) is 24.7 Å². The van der Waals surface area contributed by atoms with Crippen molar-refractivity contribution in [3.63, 3.8) is 0 Å². The predicted molar refractivity (Wildman–Crippen MR) is 84.4 cm³/mol. The normalized spacial score (nSPS) is 13.8. The van der Waals surface area contributed by atoms with Gasteiger partial charge in [0.25, 0.3) is 5.69 Å². The van der Waals surface area contributed by atoms with E-state index in [2.05, 4.69) is 4.99 Å². The van der Waals surface area contributed by atoms with Gasteiger partial charge in [-0.25, -0.2) is 0 Å². The Labute approximate surface area is 130 Å². The standard InChI is InChI=1S/C17H10N2O4/c20-16-9-15(13-3-1-2-4-14(13)17(16)21)18-10-11-5-7-12(8-6-11)19(22)23/h1-10H. The summed E-state index contributed by atoms with van der Waals surface area (Å²) in [5.74, 6) is -1.16. The molecule has 1 aliphatic carbocycles. The highest BCUT2D eigenvalue weighted by Crippen LogP contribution is 2.25. The molecule has 0 heterocycles. The Morgan fingerprint density at radius 2 is 1.61 bits per heavy atom. The Kier molecular flexibility index (Phi) is 3.64. The zero-order chi connectivity index (χ0) is 16.4. The molecule has 6 heteroatoms. The number of rotatable bonds is 3. The van der Waals surface area contributed by atoms with Gasteiger partial charge in [0, 0.05) is 35.6 Å². The number of Topliss-reactive ketones (excluding diaryl/α,β-unsaturated/α-hetero) is 1. The molecule has 112 valence electrons. The number of nitro benzene ring substituents is 1. The molecule has 0 aromatic heterocycles. The largest absolute Gasteiger partial charge is 0.285 e. The zero-order valence-corrected chi connectivity index (χ0v) is 11.8. The average molecular weight is 306 g/mol. The molecule has 0 spiro atoms. The van der Waals surface area contributed by atoms with Crippen molar-refractivity contribution in [3.8, 4) is 0 Å². The first-order chi connectivity index (χ1) is 11.1. The monoisotopic (exact) mass is 306 g/mol. The molecule has 6 nitrogen and oxygen atoms in total. The lowest BCUT2D eigenvalue weighted by Crippen LogP contribution is -2.18. The molecule has 0 aliphatic heterocycles. The Balaban J connectivity index is 1.93. The summed E-state index contributed by atoms with van der Waals surface area (Å²) in [5, 5.41) is 10.6. The number of benzene rings is 2. The van der Waals surface area contributed by atoms with Crippen LogP contribution >= 0.6 is 0 Å². The topological polar surface area (TPSA) is 89.6 Å². The quantitative estimate of drug-likeness (QED) is 0.377. The summed E-state index contributed by atoms with van der Waals surface area (Å²) in [5.41, 5.74) is 1.96. The van der Waals surface area contributed by atoms with Gasteiger partial charge >= 0.3 is 0 Å². The van der Waals surface area contributed by atoms with Gasteiger partial charge in [-0.05, 0) is 17.7 Å². The Bertz CT molecular complexity index is 880. The smallest absolute Gasteiger partial charge is 0.269 e. The highest BCUT2D eigenvalue weighted by molar-refractivity contribution is 6.50. The number of aliphatic imine (C=N–C) groups is 1. The first-order valence-corrected chi connectivity index (χ1v) is 6.74. The molecule has 2 aromatic rings. The van der Waals surface area contributed by atoms with Gasteiger partial charge in [0.1, 0.15) is 0 Å². The van der Waals surface area contributed by atoms with Crippen molar-refractivity contribution in [2.24, 2.45) is 4.99 Å². The number of ketones is 2. The maximum absolute atomic E-state index is 11.8. The van der Waals surface area contributed by atoms with Gasteiger partial charge in [0.2, 0.25) is 11.6 Å². The van der Waals surface area contributed by atoms with Crippen molar-refractivity contribution in [1.29, 1.82) is 0 Å². The lowest BCUT2D eigenvalue weighted by molar-refractivity contribution is -0.384. The second-order valence-corrected chi connectivity index (χ2v) is 4.88. The first-order valence-electron chi connectivity index (χ1n) is 6.74. The summed E-state index contributed by atoms with van der Waals surface area (Å²) in [6, 6.07) is 12.6.